The molecule has 2 amide bonds. The van der Waals surface area contributed by atoms with E-state index in [-0.39, 0.29) is 42.3 Å². The largest absolute Gasteiger partial charge is 0.435 e. The fourth-order valence-corrected chi connectivity index (χ4v) is 7.08. The van der Waals surface area contributed by atoms with E-state index in [9.17, 15) is 22.8 Å². The summed E-state index contributed by atoms with van der Waals surface area (Å²) in [7, 11) is 0. The molecule has 2 aromatic heterocycles. The third-order valence-electron chi connectivity index (χ3n) is 9.79. The van der Waals surface area contributed by atoms with Crippen LogP contribution in [0.4, 0.5) is 13.2 Å². The minimum absolute atomic E-state index is 0.0594. The number of alkyl halides is 3. The molecule has 0 spiro atoms. The standard InChI is InChI=1S/C43H41F3N6O2/c1-2-23-51(38(53)25-29-10-5-3-6-11-29)28-37-49-40(41(50-37)43(44,45)46)34-21-17-32(18-22-34)31-15-19-33(20-16-31)35-27-47-42(48-35)36-14-9-24-52(36)39(54)26-30-12-7-4-8-13-30/h3-8,10-13,15-22,27,36H,2,9,14,23-26,28H2,1H3,(H,47,48)(H,49,50)/t36-/m0/s1. The number of carbonyl (C=O) groups excluding carboxylic acids is 2. The molecule has 1 aliphatic rings. The van der Waals surface area contributed by atoms with E-state index in [1.807, 2.05) is 96.8 Å². The zero-order valence-electron chi connectivity index (χ0n) is 29.9. The number of rotatable bonds is 12. The molecule has 1 aliphatic heterocycles. The van der Waals surface area contributed by atoms with Gasteiger partial charge in [0.25, 0.3) is 0 Å². The number of aromatic amines is 2. The molecular weight excluding hydrogens is 690 g/mol. The molecule has 0 saturated carbocycles. The molecule has 3 heterocycles. The van der Waals surface area contributed by atoms with Crippen LogP contribution in [-0.2, 0) is 35.2 Å². The number of amides is 2. The molecular formula is C43H41F3N6O2. The molecule has 4 aromatic carbocycles. The van der Waals surface area contributed by atoms with E-state index >= 15 is 0 Å². The monoisotopic (exact) mass is 730 g/mol. The van der Waals surface area contributed by atoms with Gasteiger partial charge in [-0.25, -0.2) is 9.97 Å². The number of hydrogen-bond donors (Lipinski definition) is 2. The molecule has 8 nitrogen and oxygen atoms in total. The van der Waals surface area contributed by atoms with Crippen LogP contribution in [0.2, 0.25) is 0 Å². The summed E-state index contributed by atoms with van der Waals surface area (Å²) >= 11 is 0. The molecule has 0 bridgehead atoms. The lowest BCUT2D eigenvalue weighted by Gasteiger charge is -2.23. The summed E-state index contributed by atoms with van der Waals surface area (Å²) in [5.41, 5.74) is 4.51. The first-order chi connectivity index (χ1) is 26.2. The van der Waals surface area contributed by atoms with Crippen molar-refractivity contribution in [1.29, 1.82) is 0 Å². The number of benzene rings is 4. The van der Waals surface area contributed by atoms with Crippen LogP contribution in [-0.4, -0.2) is 54.6 Å². The van der Waals surface area contributed by atoms with Gasteiger partial charge in [-0.3, -0.25) is 9.59 Å². The Morgan fingerprint density at radius 3 is 2.00 bits per heavy atom. The van der Waals surface area contributed by atoms with Crippen LogP contribution in [0.5, 0.6) is 0 Å². The number of carbonyl (C=O) groups is 2. The maximum absolute atomic E-state index is 14.2. The van der Waals surface area contributed by atoms with Crippen LogP contribution < -0.4 is 0 Å². The van der Waals surface area contributed by atoms with Crippen molar-refractivity contribution >= 4 is 11.8 Å². The lowest BCUT2D eigenvalue weighted by molar-refractivity contribution is -0.140. The number of halogens is 3. The van der Waals surface area contributed by atoms with Crippen molar-refractivity contribution in [2.45, 2.75) is 57.8 Å². The van der Waals surface area contributed by atoms with Gasteiger partial charge in [0.15, 0.2) is 5.69 Å². The molecule has 6 aromatic rings. The predicted octanol–water partition coefficient (Wildman–Crippen LogP) is 9.04. The van der Waals surface area contributed by atoms with Crippen LogP contribution in [0.25, 0.3) is 33.6 Å². The van der Waals surface area contributed by atoms with Crippen molar-refractivity contribution in [2.24, 2.45) is 0 Å². The first-order valence-corrected chi connectivity index (χ1v) is 18.2. The fraction of sp³-hybridized carbons (Fsp3) is 0.256. The SMILES string of the molecule is CCCN(Cc1nc(C(F)(F)F)c(-c2ccc(-c3ccc(-c4cnc([C@@H]5CCCN5C(=O)Cc5ccccc5)[nH]4)cc3)cc2)[nH]1)C(=O)Cc1ccccc1. The highest BCUT2D eigenvalue weighted by molar-refractivity contribution is 5.80. The van der Waals surface area contributed by atoms with Gasteiger partial charge in [0, 0.05) is 18.7 Å². The highest BCUT2D eigenvalue weighted by Crippen LogP contribution is 2.37. The van der Waals surface area contributed by atoms with E-state index < -0.39 is 11.9 Å². The second-order valence-electron chi connectivity index (χ2n) is 13.6. The average molecular weight is 731 g/mol. The number of nitrogens with one attached hydrogen (secondary N) is 2. The molecule has 7 rings (SSSR count). The zero-order valence-corrected chi connectivity index (χ0v) is 29.9. The first-order valence-electron chi connectivity index (χ1n) is 18.2. The summed E-state index contributed by atoms with van der Waals surface area (Å²) in [5, 5.41) is 0. The Morgan fingerprint density at radius 2 is 1.39 bits per heavy atom. The van der Waals surface area contributed by atoms with Crippen molar-refractivity contribution in [2.75, 3.05) is 13.1 Å². The zero-order chi connectivity index (χ0) is 37.7. The number of H-pyrrole nitrogens is 2. The van der Waals surface area contributed by atoms with E-state index in [4.69, 9.17) is 0 Å². The van der Waals surface area contributed by atoms with Gasteiger partial charge >= 0.3 is 6.18 Å². The highest BCUT2D eigenvalue weighted by atomic mass is 19.4. The van der Waals surface area contributed by atoms with Gasteiger partial charge in [0.2, 0.25) is 11.8 Å². The normalized spacial score (nSPS) is 14.4. The summed E-state index contributed by atoms with van der Waals surface area (Å²) < 4.78 is 42.7. The number of imidazole rings is 2. The molecule has 0 unspecified atom stereocenters. The third-order valence-corrected chi connectivity index (χ3v) is 9.79. The van der Waals surface area contributed by atoms with E-state index in [1.54, 1.807) is 35.4 Å². The number of hydrogen-bond acceptors (Lipinski definition) is 4. The minimum atomic E-state index is -4.69. The fourth-order valence-electron chi connectivity index (χ4n) is 7.08. The molecule has 2 N–H and O–H groups in total. The van der Waals surface area contributed by atoms with Crippen LogP contribution in [0.1, 0.15) is 60.7 Å². The minimum Gasteiger partial charge on any atom is -0.340 e. The summed E-state index contributed by atoms with van der Waals surface area (Å²) in [4.78, 5) is 44.7. The van der Waals surface area contributed by atoms with Gasteiger partial charge < -0.3 is 19.8 Å². The highest BCUT2D eigenvalue weighted by Gasteiger charge is 2.38. The molecule has 54 heavy (non-hydrogen) atoms. The number of nitrogens with zero attached hydrogens (tertiary/aromatic N) is 4. The maximum atomic E-state index is 14.2. The quantitative estimate of drug-likeness (QED) is 0.131. The molecule has 0 radical (unpaired) electrons. The van der Waals surface area contributed by atoms with E-state index in [0.29, 0.717) is 31.5 Å². The van der Waals surface area contributed by atoms with Gasteiger partial charge in [-0.1, -0.05) is 116 Å². The van der Waals surface area contributed by atoms with Crippen LogP contribution >= 0.6 is 0 Å². The van der Waals surface area contributed by atoms with Crippen molar-refractivity contribution in [1.82, 2.24) is 29.7 Å². The molecule has 1 fully saturated rings. The molecule has 1 atom stereocenters. The van der Waals surface area contributed by atoms with Gasteiger partial charge in [0.05, 0.1) is 43.0 Å². The predicted molar refractivity (Wildman–Crippen MR) is 202 cm³/mol. The van der Waals surface area contributed by atoms with Crippen LogP contribution in [0.3, 0.4) is 0 Å². The summed E-state index contributed by atoms with van der Waals surface area (Å²) in [6.45, 7) is 2.96. The Hall–Kier alpha value is -5.97. The van der Waals surface area contributed by atoms with E-state index in [1.165, 1.54) is 0 Å². The van der Waals surface area contributed by atoms with Crippen molar-refractivity contribution in [3.05, 3.63) is 144 Å². The third kappa shape index (κ3) is 8.30. The smallest absolute Gasteiger partial charge is 0.340 e. The topological polar surface area (TPSA) is 98.0 Å². The molecule has 276 valence electrons. The second kappa shape index (κ2) is 16.0. The lowest BCUT2D eigenvalue weighted by Crippen LogP contribution is -2.33. The van der Waals surface area contributed by atoms with Crippen molar-refractivity contribution < 1.29 is 22.8 Å². The van der Waals surface area contributed by atoms with Crippen LogP contribution in [0, 0.1) is 0 Å². The summed E-state index contributed by atoms with van der Waals surface area (Å²) in [6, 6.07) is 33.6. The molecule has 1 saturated heterocycles. The molecule has 11 heteroatoms. The maximum Gasteiger partial charge on any atom is 0.435 e. The van der Waals surface area contributed by atoms with E-state index in [0.717, 1.165) is 52.2 Å². The average Bonchev–Trinajstić information content (AvgIpc) is 3.96. The first kappa shape index (κ1) is 36.4. The van der Waals surface area contributed by atoms with Gasteiger partial charge in [-0.05, 0) is 47.1 Å². The van der Waals surface area contributed by atoms with Gasteiger partial charge in [0.1, 0.15) is 11.6 Å². The van der Waals surface area contributed by atoms with E-state index in [2.05, 4.69) is 19.9 Å². The Bertz CT molecular complexity index is 2180. The summed E-state index contributed by atoms with van der Waals surface area (Å²) in [5.74, 6) is 0.752. The number of likely N-dealkylation sites (tertiary alicyclic amines) is 1. The molecule has 0 aliphatic carbocycles. The Labute approximate surface area is 312 Å². The number of aromatic nitrogens is 4. The Morgan fingerprint density at radius 1 is 0.796 bits per heavy atom. The van der Waals surface area contributed by atoms with Gasteiger partial charge in [-0.15, -0.1) is 0 Å². The second-order valence-corrected chi connectivity index (χ2v) is 13.6. The lowest BCUT2D eigenvalue weighted by atomic mass is 10.0. The van der Waals surface area contributed by atoms with Gasteiger partial charge in [-0.2, -0.15) is 13.2 Å². The summed E-state index contributed by atoms with van der Waals surface area (Å²) in [6.07, 6.45) is 0.0258. The Balaban J connectivity index is 1.04. The Kier molecular flexibility index (Phi) is 10.8. The van der Waals surface area contributed by atoms with Crippen LogP contribution in [0.15, 0.2) is 115 Å². The van der Waals surface area contributed by atoms with Crippen molar-refractivity contribution in [3.63, 3.8) is 0 Å². The van der Waals surface area contributed by atoms with Crippen molar-refractivity contribution in [3.8, 4) is 33.6 Å².